The average Bonchev–Trinajstić information content (AvgIpc) is 2.68. The average molecular weight is 333 g/mol. The van der Waals surface area contributed by atoms with Crippen molar-refractivity contribution in [3.8, 4) is 6.07 Å². The van der Waals surface area contributed by atoms with Gasteiger partial charge in [-0.3, -0.25) is 0 Å². The number of ether oxygens (including phenoxy) is 1. The fraction of sp³-hybridized carbons (Fsp3) is 0.273. The molecular formula is C22H23NO2. The fourth-order valence-corrected chi connectivity index (χ4v) is 3.41. The summed E-state index contributed by atoms with van der Waals surface area (Å²) < 4.78 is 5.26. The number of nitrogens with zero attached hydrogens (tertiary/aromatic N) is 1. The van der Waals surface area contributed by atoms with Gasteiger partial charge < -0.3 is 4.74 Å². The number of esters is 1. The number of carbonyl (C=O) groups is 1. The Balaban J connectivity index is 2.58. The van der Waals surface area contributed by atoms with Gasteiger partial charge in [-0.05, 0) is 17.5 Å². The van der Waals surface area contributed by atoms with Crippen LogP contribution in [0.3, 0.4) is 0 Å². The van der Waals surface area contributed by atoms with E-state index in [1.165, 1.54) is 0 Å². The maximum Gasteiger partial charge on any atom is 0.330 e. The summed E-state index contributed by atoms with van der Waals surface area (Å²) in [5.41, 5.74) is 1.58. The van der Waals surface area contributed by atoms with Crippen molar-refractivity contribution in [3.05, 3.63) is 84.4 Å². The highest BCUT2D eigenvalue weighted by Gasteiger charge is 2.42. The molecule has 2 aromatic rings. The Kier molecular flexibility index (Phi) is 6.54. The third kappa shape index (κ3) is 3.97. The van der Waals surface area contributed by atoms with Crippen LogP contribution in [0.25, 0.3) is 0 Å². The molecule has 0 aliphatic rings. The van der Waals surface area contributed by atoms with Gasteiger partial charge in [0, 0.05) is 11.5 Å². The lowest BCUT2D eigenvalue weighted by Crippen LogP contribution is -2.39. The summed E-state index contributed by atoms with van der Waals surface area (Å²) in [5.74, 6) is -1.01. The lowest BCUT2D eigenvalue weighted by Gasteiger charge is -2.38. The van der Waals surface area contributed by atoms with Crippen molar-refractivity contribution < 1.29 is 9.53 Å². The van der Waals surface area contributed by atoms with Crippen LogP contribution in [-0.2, 0) is 14.9 Å². The van der Waals surface area contributed by atoms with Gasteiger partial charge in [0.15, 0.2) is 0 Å². The minimum absolute atomic E-state index is 0.0329. The van der Waals surface area contributed by atoms with E-state index >= 15 is 0 Å². The molecule has 2 aromatic carbocycles. The van der Waals surface area contributed by atoms with Crippen molar-refractivity contribution in [1.82, 2.24) is 0 Å². The number of rotatable bonds is 8. The fourth-order valence-electron chi connectivity index (χ4n) is 3.41. The van der Waals surface area contributed by atoms with Gasteiger partial charge in [-0.15, -0.1) is 0 Å². The van der Waals surface area contributed by atoms with Crippen molar-refractivity contribution in [2.75, 3.05) is 6.61 Å². The van der Waals surface area contributed by atoms with Crippen molar-refractivity contribution in [1.29, 1.82) is 5.26 Å². The molecule has 2 rings (SSSR count). The summed E-state index contributed by atoms with van der Waals surface area (Å²) in [5, 5.41) is 9.93. The molecule has 128 valence electrons. The molecule has 1 unspecified atom stereocenters. The second-order valence-electron chi connectivity index (χ2n) is 5.97. The van der Waals surface area contributed by atoms with E-state index in [-0.39, 0.29) is 6.61 Å². The van der Waals surface area contributed by atoms with E-state index in [1.807, 2.05) is 60.7 Å². The molecular weight excluding hydrogens is 310 g/mol. The summed E-state index contributed by atoms with van der Waals surface area (Å²) >= 11 is 0. The van der Waals surface area contributed by atoms with Crippen molar-refractivity contribution in [2.24, 2.45) is 5.92 Å². The molecule has 0 heterocycles. The maximum atomic E-state index is 11.5. The number of benzene rings is 2. The highest BCUT2D eigenvalue weighted by atomic mass is 16.5. The normalized spacial score (nSPS) is 12.0. The molecule has 0 aromatic heterocycles. The van der Waals surface area contributed by atoms with Gasteiger partial charge >= 0.3 is 5.97 Å². The van der Waals surface area contributed by atoms with E-state index in [2.05, 4.69) is 19.6 Å². The molecule has 0 aliphatic carbocycles. The molecule has 25 heavy (non-hydrogen) atoms. The molecule has 0 bridgehead atoms. The van der Waals surface area contributed by atoms with Crippen LogP contribution < -0.4 is 0 Å². The van der Waals surface area contributed by atoms with Crippen LogP contribution in [0.1, 0.15) is 30.9 Å². The van der Waals surface area contributed by atoms with Gasteiger partial charge in [0.2, 0.25) is 0 Å². The summed E-state index contributed by atoms with van der Waals surface area (Å²) in [6, 6.07) is 22.4. The molecule has 0 amide bonds. The Morgan fingerprint density at radius 3 is 2.08 bits per heavy atom. The van der Waals surface area contributed by atoms with Crippen LogP contribution >= 0.6 is 0 Å². The van der Waals surface area contributed by atoms with Crippen molar-refractivity contribution in [2.45, 2.75) is 25.2 Å². The lowest BCUT2D eigenvalue weighted by atomic mass is 9.64. The molecule has 0 saturated carbocycles. The second kappa shape index (κ2) is 8.84. The molecule has 0 fully saturated rings. The van der Waals surface area contributed by atoms with E-state index < -0.39 is 17.3 Å². The summed E-state index contributed by atoms with van der Waals surface area (Å²) in [6.07, 6.45) is 2.81. The first kappa shape index (κ1) is 18.5. The molecule has 0 N–H and O–H groups in total. The molecule has 0 aliphatic heterocycles. The summed E-state index contributed by atoms with van der Waals surface area (Å²) in [6.45, 7) is 5.56. The third-order valence-corrected chi connectivity index (χ3v) is 4.53. The van der Waals surface area contributed by atoms with Crippen LogP contribution in [0.4, 0.5) is 0 Å². The van der Waals surface area contributed by atoms with Crippen LogP contribution in [0.2, 0.25) is 0 Å². The third-order valence-electron chi connectivity index (χ3n) is 4.53. The Morgan fingerprint density at radius 1 is 1.16 bits per heavy atom. The Labute approximate surface area is 149 Å². The highest BCUT2D eigenvalue weighted by Crippen LogP contribution is 2.43. The first-order valence-corrected chi connectivity index (χ1v) is 8.49. The number of nitriles is 1. The van der Waals surface area contributed by atoms with Crippen LogP contribution in [-0.4, -0.2) is 12.6 Å². The van der Waals surface area contributed by atoms with E-state index in [0.717, 1.165) is 30.0 Å². The minimum Gasteiger partial charge on any atom is -0.461 e. The molecule has 3 heteroatoms. The van der Waals surface area contributed by atoms with E-state index in [9.17, 15) is 10.1 Å². The Hall–Kier alpha value is -2.86. The smallest absolute Gasteiger partial charge is 0.330 e. The highest BCUT2D eigenvalue weighted by molar-refractivity contribution is 5.81. The summed E-state index contributed by atoms with van der Waals surface area (Å²) in [4.78, 5) is 11.5. The number of carbonyl (C=O) groups excluding carboxylic acids is 1. The summed E-state index contributed by atoms with van der Waals surface area (Å²) in [7, 11) is 0. The minimum atomic E-state index is -0.534. The zero-order valence-electron chi connectivity index (χ0n) is 14.5. The zero-order valence-corrected chi connectivity index (χ0v) is 14.5. The van der Waals surface area contributed by atoms with E-state index in [1.54, 1.807) is 0 Å². The number of hydrogen-bond donors (Lipinski definition) is 0. The second-order valence-corrected chi connectivity index (χ2v) is 5.97. The van der Waals surface area contributed by atoms with Gasteiger partial charge in [0.25, 0.3) is 0 Å². The van der Waals surface area contributed by atoms with Gasteiger partial charge in [-0.2, -0.15) is 5.26 Å². The quantitative estimate of drug-likeness (QED) is 0.522. The predicted molar refractivity (Wildman–Crippen MR) is 98.8 cm³/mol. The first-order valence-electron chi connectivity index (χ1n) is 8.49. The molecule has 0 spiro atoms. The van der Waals surface area contributed by atoms with Crippen LogP contribution in [0.5, 0.6) is 0 Å². The van der Waals surface area contributed by atoms with Crippen LogP contribution in [0.15, 0.2) is 73.3 Å². The van der Waals surface area contributed by atoms with Gasteiger partial charge in [0.05, 0.1) is 12.0 Å². The molecule has 0 saturated heterocycles. The van der Waals surface area contributed by atoms with Crippen LogP contribution in [0, 0.1) is 17.2 Å². The van der Waals surface area contributed by atoms with Crippen molar-refractivity contribution in [3.63, 3.8) is 0 Å². The molecule has 3 nitrogen and oxygen atoms in total. The van der Waals surface area contributed by atoms with E-state index in [0.29, 0.717) is 0 Å². The SMILES string of the molecule is C=CC(=O)OCC(C#N)C(CCC)(c1ccccc1)c1ccccc1. The Bertz CT molecular complexity index is 692. The lowest BCUT2D eigenvalue weighted by molar-refractivity contribution is -0.139. The predicted octanol–water partition coefficient (Wildman–Crippen LogP) is 4.64. The largest absolute Gasteiger partial charge is 0.461 e. The monoisotopic (exact) mass is 333 g/mol. The van der Waals surface area contributed by atoms with Gasteiger partial charge in [-0.25, -0.2) is 4.79 Å². The van der Waals surface area contributed by atoms with Gasteiger partial charge in [-0.1, -0.05) is 80.6 Å². The molecule has 0 radical (unpaired) electrons. The molecule has 1 atom stereocenters. The topological polar surface area (TPSA) is 50.1 Å². The van der Waals surface area contributed by atoms with E-state index in [4.69, 9.17) is 4.74 Å². The first-order chi connectivity index (χ1) is 12.2. The standard InChI is InChI=1S/C22H23NO2/c1-3-15-22(18-11-7-5-8-12-18,19-13-9-6-10-14-19)20(16-23)17-25-21(24)4-2/h4-14,20H,2-3,15,17H2,1H3. The maximum absolute atomic E-state index is 11.5. The van der Waals surface area contributed by atoms with Crippen molar-refractivity contribution >= 4 is 5.97 Å². The Morgan fingerprint density at radius 2 is 1.68 bits per heavy atom. The zero-order chi connectivity index (χ0) is 18.1. The number of hydrogen-bond acceptors (Lipinski definition) is 3. The van der Waals surface area contributed by atoms with Gasteiger partial charge in [0.1, 0.15) is 6.61 Å².